The molecule has 21 heavy (non-hydrogen) atoms. The minimum atomic E-state index is -0.199. The first-order valence-electron chi connectivity index (χ1n) is 7.24. The van der Waals surface area contributed by atoms with Gasteiger partial charge in [-0.3, -0.25) is 0 Å². The molecule has 0 radical (unpaired) electrons. The van der Waals surface area contributed by atoms with Gasteiger partial charge in [-0.15, -0.1) is 12.4 Å². The Balaban J connectivity index is 0.00000220. The summed E-state index contributed by atoms with van der Waals surface area (Å²) < 4.78 is 19.9. The predicted octanol–water partition coefficient (Wildman–Crippen LogP) is 4.56. The SMILES string of the molecule is CCCC(CCNC)Oc1ccc(F)c2ccccc12.Cl. The third-order valence-corrected chi connectivity index (χ3v) is 3.45. The van der Waals surface area contributed by atoms with Crippen molar-refractivity contribution in [2.45, 2.75) is 32.3 Å². The normalized spacial score (nSPS) is 12.0. The molecule has 0 aromatic heterocycles. The molecule has 2 aromatic rings. The van der Waals surface area contributed by atoms with Gasteiger partial charge < -0.3 is 10.1 Å². The van der Waals surface area contributed by atoms with Gasteiger partial charge in [0.05, 0.1) is 6.10 Å². The second kappa shape index (κ2) is 8.85. The lowest BCUT2D eigenvalue weighted by Gasteiger charge is -2.20. The molecule has 1 unspecified atom stereocenters. The Labute approximate surface area is 132 Å². The topological polar surface area (TPSA) is 21.3 Å². The summed E-state index contributed by atoms with van der Waals surface area (Å²) in [4.78, 5) is 0. The monoisotopic (exact) mass is 311 g/mol. The highest BCUT2D eigenvalue weighted by molar-refractivity contribution is 5.88. The van der Waals surface area contributed by atoms with E-state index in [4.69, 9.17) is 4.74 Å². The lowest BCUT2D eigenvalue weighted by Crippen LogP contribution is -2.22. The molecule has 0 aliphatic carbocycles. The summed E-state index contributed by atoms with van der Waals surface area (Å²) >= 11 is 0. The van der Waals surface area contributed by atoms with Crippen molar-refractivity contribution in [3.63, 3.8) is 0 Å². The molecule has 0 spiro atoms. The first-order chi connectivity index (χ1) is 9.76. The van der Waals surface area contributed by atoms with E-state index in [2.05, 4.69) is 12.2 Å². The largest absolute Gasteiger partial charge is 0.490 e. The van der Waals surface area contributed by atoms with Crippen molar-refractivity contribution >= 4 is 23.2 Å². The highest BCUT2D eigenvalue weighted by Gasteiger charge is 2.12. The maximum absolute atomic E-state index is 13.8. The molecule has 4 heteroatoms. The first kappa shape index (κ1) is 17.7. The number of nitrogens with one attached hydrogen (secondary N) is 1. The number of hydrogen-bond acceptors (Lipinski definition) is 2. The number of hydrogen-bond donors (Lipinski definition) is 1. The molecule has 0 aliphatic heterocycles. The van der Waals surface area contributed by atoms with E-state index in [1.165, 1.54) is 6.07 Å². The van der Waals surface area contributed by atoms with Gasteiger partial charge in [0.2, 0.25) is 0 Å². The van der Waals surface area contributed by atoms with Gasteiger partial charge in [-0.25, -0.2) is 4.39 Å². The molecule has 2 nitrogen and oxygen atoms in total. The zero-order chi connectivity index (χ0) is 14.4. The molecule has 0 saturated carbocycles. The zero-order valence-electron chi connectivity index (χ0n) is 12.6. The van der Waals surface area contributed by atoms with Crippen molar-refractivity contribution in [1.29, 1.82) is 0 Å². The fourth-order valence-corrected chi connectivity index (χ4v) is 2.41. The molecule has 1 N–H and O–H groups in total. The summed E-state index contributed by atoms with van der Waals surface area (Å²) in [7, 11) is 1.94. The van der Waals surface area contributed by atoms with Gasteiger partial charge in [0.15, 0.2) is 0 Å². The maximum atomic E-state index is 13.8. The Morgan fingerprint density at radius 3 is 2.48 bits per heavy atom. The van der Waals surface area contributed by atoms with Crippen molar-refractivity contribution in [2.75, 3.05) is 13.6 Å². The van der Waals surface area contributed by atoms with Crippen molar-refractivity contribution < 1.29 is 9.13 Å². The number of rotatable bonds is 7. The number of benzene rings is 2. The Kier molecular flexibility index (Phi) is 7.48. The van der Waals surface area contributed by atoms with Gasteiger partial charge in [-0.2, -0.15) is 0 Å². The van der Waals surface area contributed by atoms with Crippen LogP contribution in [-0.2, 0) is 0 Å². The van der Waals surface area contributed by atoms with Crippen LogP contribution < -0.4 is 10.1 Å². The average molecular weight is 312 g/mol. The molecule has 116 valence electrons. The van der Waals surface area contributed by atoms with Crippen LogP contribution in [0.1, 0.15) is 26.2 Å². The van der Waals surface area contributed by atoms with Crippen molar-refractivity contribution in [3.8, 4) is 5.75 Å². The van der Waals surface area contributed by atoms with Crippen molar-refractivity contribution in [1.82, 2.24) is 5.32 Å². The van der Waals surface area contributed by atoms with E-state index in [0.717, 1.165) is 36.9 Å². The molecule has 2 aromatic carbocycles. The third kappa shape index (κ3) is 4.58. The molecular formula is C17H23ClFNO. The average Bonchev–Trinajstić information content (AvgIpc) is 2.48. The summed E-state index contributed by atoms with van der Waals surface area (Å²) in [6.07, 6.45) is 3.21. The molecule has 0 aliphatic rings. The molecule has 0 fully saturated rings. The molecule has 2 rings (SSSR count). The van der Waals surface area contributed by atoms with Crippen LogP contribution in [0.25, 0.3) is 10.8 Å². The van der Waals surface area contributed by atoms with Crippen LogP contribution in [0.4, 0.5) is 4.39 Å². The third-order valence-electron chi connectivity index (χ3n) is 3.45. The standard InChI is InChI=1S/C17H22FNO.ClH/c1-3-6-13(11-12-19-2)20-17-10-9-16(18)14-7-4-5-8-15(14)17;/h4-5,7-10,13,19H,3,6,11-12H2,1-2H3;1H. The van der Waals surface area contributed by atoms with Gasteiger partial charge in [-0.05, 0) is 38.6 Å². The summed E-state index contributed by atoms with van der Waals surface area (Å²) in [5.41, 5.74) is 0. The number of fused-ring (bicyclic) bond motifs is 1. The Hall–Kier alpha value is -1.32. The Morgan fingerprint density at radius 1 is 1.10 bits per heavy atom. The fourth-order valence-electron chi connectivity index (χ4n) is 2.41. The summed E-state index contributed by atoms with van der Waals surface area (Å²) in [5.74, 6) is 0.576. The van der Waals surface area contributed by atoms with Crippen molar-refractivity contribution in [3.05, 3.63) is 42.2 Å². The molecule has 0 saturated heterocycles. The Bertz CT molecular complexity index is 561. The van der Waals surface area contributed by atoms with E-state index in [9.17, 15) is 4.39 Å². The molecule has 1 atom stereocenters. The number of ether oxygens (including phenoxy) is 1. The van der Waals surface area contributed by atoms with Gasteiger partial charge in [0.1, 0.15) is 11.6 Å². The molecular weight excluding hydrogens is 289 g/mol. The maximum Gasteiger partial charge on any atom is 0.131 e. The summed E-state index contributed by atoms with van der Waals surface area (Å²) in [6, 6.07) is 10.7. The number of halogens is 2. The van der Waals surface area contributed by atoms with E-state index in [0.29, 0.717) is 5.39 Å². The first-order valence-corrected chi connectivity index (χ1v) is 7.24. The second-order valence-electron chi connectivity index (χ2n) is 5.01. The lowest BCUT2D eigenvalue weighted by molar-refractivity contribution is 0.182. The van der Waals surface area contributed by atoms with Crippen LogP contribution in [0, 0.1) is 5.82 Å². The van der Waals surface area contributed by atoms with Crippen LogP contribution in [0.3, 0.4) is 0 Å². The van der Waals surface area contributed by atoms with E-state index >= 15 is 0 Å². The predicted molar refractivity (Wildman–Crippen MR) is 89.0 cm³/mol. The van der Waals surface area contributed by atoms with E-state index in [1.54, 1.807) is 12.1 Å². The Morgan fingerprint density at radius 2 is 1.81 bits per heavy atom. The lowest BCUT2D eigenvalue weighted by atomic mass is 10.1. The minimum Gasteiger partial charge on any atom is -0.490 e. The van der Waals surface area contributed by atoms with Gasteiger partial charge in [0.25, 0.3) is 0 Å². The zero-order valence-corrected chi connectivity index (χ0v) is 13.4. The highest BCUT2D eigenvalue weighted by atomic mass is 35.5. The van der Waals surface area contributed by atoms with Gasteiger partial charge in [0, 0.05) is 10.8 Å². The minimum absolute atomic E-state index is 0. The van der Waals surface area contributed by atoms with Gasteiger partial charge >= 0.3 is 0 Å². The molecule has 0 heterocycles. The van der Waals surface area contributed by atoms with Crippen LogP contribution in [0.15, 0.2) is 36.4 Å². The van der Waals surface area contributed by atoms with Gasteiger partial charge in [-0.1, -0.05) is 37.6 Å². The van der Waals surface area contributed by atoms with Crippen LogP contribution in [0.2, 0.25) is 0 Å². The molecule has 0 bridgehead atoms. The fraction of sp³-hybridized carbons (Fsp3) is 0.412. The van der Waals surface area contributed by atoms with Crippen LogP contribution in [0.5, 0.6) is 5.75 Å². The van der Waals surface area contributed by atoms with E-state index < -0.39 is 0 Å². The quantitative estimate of drug-likeness (QED) is 0.809. The van der Waals surface area contributed by atoms with Crippen LogP contribution >= 0.6 is 12.4 Å². The van der Waals surface area contributed by atoms with E-state index in [1.807, 2.05) is 25.2 Å². The highest BCUT2D eigenvalue weighted by Crippen LogP contribution is 2.29. The molecule has 0 amide bonds. The van der Waals surface area contributed by atoms with Crippen LogP contribution in [-0.4, -0.2) is 19.7 Å². The second-order valence-corrected chi connectivity index (χ2v) is 5.01. The summed E-state index contributed by atoms with van der Waals surface area (Å²) in [5, 5.41) is 4.61. The van der Waals surface area contributed by atoms with E-state index in [-0.39, 0.29) is 24.3 Å². The van der Waals surface area contributed by atoms with Crippen molar-refractivity contribution in [2.24, 2.45) is 0 Å². The summed E-state index contributed by atoms with van der Waals surface area (Å²) in [6.45, 7) is 3.07. The smallest absolute Gasteiger partial charge is 0.131 e.